The number of anilines is 3. The third kappa shape index (κ3) is 3.90. The van der Waals surface area contributed by atoms with E-state index in [9.17, 15) is 14.0 Å². The monoisotopic (exact) mass is 426 g/mol. The van der Waals surface area contributed by atoms with E-state index in [1.165, 1.54) is 17.0 Å². The Hall–Kier alpha value is -3.65. The molecule has 2 aromatic carbocycles. The van der Waals surface area contributed by atoms with Crippen LogP contribution in [0.2, 0.25) is 5.02 Å². The van der Waals surface area contributed by atoms with Gasteiger partial charge in [-0.3, -0.25) is 14.5 Å². The molecule has 1 unspecified atom stereocenters. The van der Waals surface area contributed by atoms with Gasteiger partial charge in [0.1, 0.15) is 18.2 Å². The number of rotatable bonds is 4. The second kappa shape index (κ2) is 8.00. The lowest BCUT2D eigenvalue weighted by Gasteiger charge is -2.33. The molecule has 0 radical (unpaired) electrons. The predicted molar refractivity (Wildman–Crippen MR) is 111 cm³/mol. The summed E-state index contributed by atoms with van der Waals surface area (Å²) in [6.45, 7) is -0.343. The van der Waals surface area contributed by atoms with Crippen LogP contribution in [0, 0.1) is 5.82 Å². The number of amides is 2. The van der Waals surface area contributed by atoms with Crippen LogP contribution < -0.4 is 20.7 Å². The summed E-state index contributed by atoms with van der Waals surface area (Å²) < 4.78 is 19.2. The van der Waals surface area contributed by atoms with Crippen molar-refractivity contribution in [2.45, 2.75) is 6.10 Å². The second-order valence-electron chi connectivity index (χ2n) is 6.57. The summed E-state index contributed by atoms with van der Waals surface area (Å²) in [5.74, 6) is -0.917. The van der Waals surface area contributed by atoms with Gasteiger partial charge in [-0.1, -0.05) is 41.9 Å². The van der Waals surface area contributed by atoms with Gasteiger partial charge in [-0.25, -0.2) is 9.37 Å². The zero-order valence-electron chi connectivity index (χ0n) is 15.5. The first-order valence-corrected chi connectivity index (χ1v) is 9.34. The zero-order chi connectivity index (χ0) is 21.3. The number of hydrogen-bond acceptors (Lipinski definition) is 5. The minimum absolute atomic E-state index is 0.126. The molecule has 7 nitrogen and oxygen atoms in total. The number of halogens is 2. The van der Waals surface area contributed by atoms with E-state index < -0.39 is 23.7 Å². The highest BCUT2D eigenvalue weighted by Crippen LogP contribution is 2.38. The smallest absolute Gasteiger partial charge is 0.274 e. The molecular formula is C21H16ClFN4O3. The molecule has 1 atom stereocenters. The van der Waals surface area contributed by atoms with Gasteiger partial charge in [0, 0.05) is 11.3 Å². The normalized spacial score (nSPS) is 15.3. The fourth-order valence-corrected chi connectivity index (χ4v) is 3.25. The van der Waals surface area contributed by atoms with Gasteiger partial charge < -0.3 is 15.8 Å². The van der Waals surface area contributed by atoms with E-state index in [0.717, 1.165) is 6.07 Å². The lowest BCUT2D eigenvalue weighted by molar-refractivity contribution is -0.128. The summed E-state index contributed by atoms with van der Waals surface area (Å²) in [5, 5.41) is 2.47. The number of hydrogen-bond donors (Lipinski definition) is 2. The maximum Gasteiger partial charge on any atom is 0.274 e. The topological polar surface area (TPSA) is 97.5 Å². The van der Waals surface area contributed by atoms with Crippen LogP contribution in [0.3, 0.4) is 0 Å². The van der Waals surface area contributed by atoms with Crippen molar-refractivity contribution in [3.63, 3.8) is 0 Å². The number of aromatic nitrogens is 1. The number of nitrogens with zero attached hydrogens (tertiary/aromatic N) is 2. The first kappa shape index (κ1) is 19.7. The molecule has 9 heteroatoms. The van der Waals surface area contributed by atoms with Crippen LogP contribution in [0.25, 0.3) is 0 Å². The number of pyridine rings is 1. The Morgan fingerprint density at radius 1 is 1.20 bits per heavy atom. The number of nitrogen functional groups attached to an aromatic ring is 1. The highest BCUT2D eigenvalue weighted by Gasteiger charge is 2.37. The second-order valence-corrected chi connectivity index (χ2v) is 6.98. The Labute approximate surface area is 176 Å². The number of ether oxygens (including phenoxy) is 1. The minimum Gasteiger partial charge on any atom is -0.472 e. The van der Waals surface area contributed by atoms with Gasteiger partial charge in [-0.05, 0) is 30.3 Å². The number of carbonyl (C=O) groups excluding carboxylic acids is 2. The average Bonchev–Trinajstić information content (AvgIpc) is 2.73. The lowest BCUT2D eigenvalue weighted by atomic mass is 10.1. The fourth-order valence-electron chi connectivity index (χ4n) is 3.07. The molecule has 1 aliphatic rings. The molecule has 0 aliphatic carbocycles. The highest BCUT2D eigenvalue weighted by molar-refractivity contribution is 6.31. The summed E-state index contributed by atoms with van der Waals surface area (Å²) in [7, 11) is 0. The van der Waals surface area contributed by atoms with E-state index in [0.29, 0.717) is 17.0 Å². The largest absolute Gasteiger partial charge is 0.472 e. The molecule has 1 aromatic heterocycles. The van der Waals surface area contributed by atoms with Crippen LogP contribution in [-0.4, -0.2) is 23.3 Å². The van der Waals surface area contributed by atoms with Crippen molar-refractivity contribution in [1.29, 1.82) is 0 Å². The molecule has 2 heterocycles. The average molecular weight is 427 g/mol. The molecule has 0 fully saturated rings. The first-order chi connectivity index (χ1) is 14.4. The van der Waals surface area contributed by atoms with Crippen molar-refractivity contribution in [3.8, 4) is 5.75 Å². The zero-order valence-corrected chi connectivity index (χ0v) is 16.3. The van der Waals surface area contributed by atoms with Crippen molar-refractivity contribution in [1.82, 2.24) is 4.98 Å². The summed E-state index contributed by atoms with van der Waals surface area (Å²) in [5.41, 5.74) is 6.70. The third-order valence-electron chi connectivity index (χ3n) is 4.46. The molecule has 0 bridgehead atoms. The number of nitrogens with one attached hydrogen (secondary N) is 1. The maximum absolute atomic E-state index is 13.3. The van der Waals surface area contributed by atoms with Gasteiger partial charge in [-0.2, -0.15) is 0 Å². The van der Waals surface area contributed by atoms with Gasteiger partial charge in [0.2, 0.25) is 12.0 Å². The predicted octanol–water partition coefficient (Wildman–Crippen LogP) is 3.56. The molecule has 30 heavy (non-hydrogen) atoms. The summed E-state index contributed by atoms with van der Waals surface area (Å²) in [6.07, 6.45) is -0.933. The Morgan fingerprint density at radius 3 is 2.70 bits per heavy atom. The van der Waals surface area contributed by atoms with Crippen molar-refractivity contribution >= 4 is 40.7 Å². The SMILES string of the molecule is Nc1ccc2c(n1)N(CC(=O)Nc1ccc(F)c(Cl)c1)C(=O)C(c1ccccc1)O2. The molecule has 3 N–H and O–H groups in total. The Kier molecular flexibility index (Phi) is 5.24. The molecular weight excluding hydrogens is 411 g/mol. The summed E-state index contributed by atoms with van der Waals surface area (Å²) >= 11 is 5.75. The Morgan fingerprint density at radius 2 is 1.97 bits per heavy atom. The van der Waals surface area contributed by atoms with Crippen LogP contribution in [0.15, 0.2) is 60.7 Å². The van der Waals surface area contributed by atoms with Crippen LogP contribution in [0.5, 0.6) is 5.75 Å². The van der Waals surface area contributed by atoms with E-state index in [1.54, 1.807) is 36.4 Å². The van der Waals surface area contributed by atoms with Crippen LogP contribution in [0.4, 0.5) is 21.7 Å². The molecule has 3 aromatic rings. The van der Waals surface area contributed by atoms with Gasteiger partial charge in [0.25, 0.3) is 5.91 Å². The van der Waals surface area contributed by atoms with Crippen molar-refractivity contribution < 1.29 is 18.7 Å². The third-order valence-corrected chi connectivity index (χ3v) is 4.75. The van der Waals surface area contributed by atoms with E-state index >= 15 is 0 Å². The number of benzene rings is 2. The fraction of sp³-hybridized carbons (Fsp3) is 0.0952. The minimum atomic E-state index is -0.933. The Balaban J connectivity index is 1.62. The van der Waals surface area contributed by atoms with E-state index in [2.05, 4.69) is 10.3 Å². The number of carbonyl (C=O) groups is 2. The quantitative estimate of drug-likeness (QED) is 0.664. The number of nitrogens with two attached hydrogens (primary N) is 1. The van der Waals surface area contributed by atoms with Crippen LogP contribution >= 0.6 is 11.6 Å². The van der Waals surface area contributed by atoms with Crippen LogP contribution in [-0.2, 0) is 9.59 Å². The van der Waals surface area contributed by atoms with E-state index in [-0.39, 0.29) is 23.2 Å². The molecule has 0 saturated carbocycles. The highest BCUT2D eigenvalue weighted by atomic mass is 35.5. The molecule has 4 rings (SSSR count). The van der Waals surface area contributed by atoms with Crippen LogP contribution in [0.1, 0.15) is 11.7 Å². The van der Waals surface area contributed by atoms with Crippen molar-refractivity contribution in [2.24, 2.45) is 0 Å². The standard InChI is InChI=1S/C21H16ClFN4O3/c22-14-10-13(6-7-15(14)23)25-18(28)11-27-20-16(8-9-17(24)26-20)30-19(21(27)29)12-4-2-1-3-5-12/h1-10,19H,11H2,(H2,24,26)(H,25,28). The first-order valence-electron chi connectivity index (χ1n) is 8.97. The molecule has 152 valence electrons. The summed E-state index contributed by atoms with van der Waals surface area (Å²) in [4.78, 5) is 31.2. The number of fused-ring (bicyclic) bond motifs is 1. The van der Waals surface area contributed by atoms with E-state index in [4.69, 9.17) is 22.1 Å². The van der Waals surface area contributed by atoms with Crippen molar-refractivity contribution in [3.05, 3.63) is 77.1 Å². The molecule has 1 aliphatic heterocycles. The van der Waals surface area contributed by atoms with Gasteiger partial charge in [-0.15, -0.1) is 0 Å². The maximum atomic E-state index is 13.3. The Bertz CT molecular complexity index is 1130. The molecule has 0 saturated heterocycles. The summed E-state index contributed by atoms with van der Waals surface area (Å²) in [6, 6.07) is 15.9. The molecule has 0 spiro atoms. The molecule has 2 amide bonds. The van der Waals surface area contributed by atoms with Gasteiger partial charge in [0.05, 0.1) is 5.02 Å². The van der Waals surface area contributed by atoms with Crippen molar-refractivity contribution in [2.75, 3.05) is 22.5 Å². The lowest BCUT2D eigenvalue weighted by Crippen LogP contribution is -2.45. The van der Waals surface area contributed by atoms with E-state index in [1.807, 2.05) is 6.07 Å². The van der Waals surface area contributed by atoms with Gasteiger partial charge >= 0.3 is 0 Å². The van der Waals surface area contributed by atoms with Gasteiger partial charge in [0.15, 0.2) is 11.6 Å².